The molecule has 0 bridgehead atoms. The Kier molecular flexibility index (Phi) is 6.11. The van der Waals surface area contributed by atoms with Gasteiger partial charge in [0.05, 0.1) is 12.1 Å². The Morgan fingerprint density at radius 2 is 1.88 bits per heavy atom. The van der Waals surface area contributed by atoms with Gasteiger partial charge in [-0.3, -0.25) is 9.59 Å². The molecule has 2 heterocycles. The van der Waals surface area contributed by atoms with Crippen LogP contribution in [0.3, 0.4) is 0 Å². The van der Waals surface area contributed by atoms with Crippen LogP contribution in [-0.4, -0.2) is 39.5 Å². The zero-order valence-corrected chi connectivity index (χ0v) is 17.4. The third-order valence-corrected chi connectivity index (χ3v) is 4.70. The van der Waals surface area contributed by atoms with Gasteiger partial charge in [-0.1, -0.05) is 30.3 Å². The minimum absolute atomic E-state index is 0.00246. The summed E-state index contributed by atoms with van der Waals surface area (Å²) >= 11 is 0. The first kappa shape index (κ1) is 21.0. The Morgan fingerprint density at radius 1 is 1.12 bits per heavy atom. The first-order valence-corrected chi connectivity index (χ1v) is 10.0. The Morgan fingerprint density at radius 3 is 2.69 bits per heavy atom. The number of hydrogen-bond donors (Lipinski definition) is 2. The number of benzene rings is 2. The van der Waals surface area contributed by atoms with Crippen LogP contribution in [0.25, 0.3) is 0 Å². The van der Waals surface area contributed by atoms with Gasteiger partial charge in [0.1, 0.15) is 5.75 Å². The maximum absolute atomic E-state index is 12.5. The van der Waals surface area contributed by atoms with Crippen LogP contribution in [0, 0.1) is 0 Å². The predicted octanol–water partition coefficient (Wildman–Crippen LogP) is 2.44. The van der Waals surface area contributed by atoms with Gasteiger partial charge < -0.3 is 25.4 Å². The van der Waals surface area contributed by atoms with E-state index in [2.05, 4.69) is 20.3 Å². The van der Waals surface area contributed by atoms with Crippen LogP contribution in [0.2, 0.25) is 0 Å². The lowest BCUT2D eigenvalue weighted by Gasteiger charge is -2.32. The number of hydrogen-bond acceptors (Lipinski definition) is 9. The molecule has 0 fully saturated rings. The van der Waals surface area contributed by atoms with Gasteiger partial charge in [0.15, 0.2) is 18.5 Å². The molecule has 3 aromatic rings. The van der Waals surface area contributed by atoms with E-state index in [9.17, 15) is 9.59 Å². The van der Waals surface area contributed by atoms with E-state index < -0.39 is 12.1 Å². The summed E-state index contributed by atoms with van der Waals surface area (Å²) in [6.07, 6.45) is -0.618. The van der Waals surface area contributed by atoms with Crippen LogP contribution in [0.5, 0.6) is 5.75 Å². The minimum atomic E-state index is -0.621. The molecule has 1 aliphatic heterocycles. The highest BCUT2D eigenvalue weighted by Gasteiger charge is 2.31. The molecule has 1 aliphatic rings. The van der Waals surface area contributed by atoms with E-state index in [1.165, 1.54) is 4.90 Å². The Labute approximate surface area is 184 Å². The van der Waals surface area contributed by atoms with E-state index in [-0.39, 0.29) is 43.2 Å². The summed E-state index contributed by atoms with van der Waals surface area (Å²) in [5.41, 5.74) is 7.16. The number of nitrogen functional groups attached to an aromatic ring is 1. The van der Waals surface area contributed by atoms with Crippen molar-refractivity contribution < 1.29 is 19.1 Å². The van der Waals surface area contributed by atoms with Gasteiger partial charge in [0.25, 0.3) is 5.91 Å². The number of rotatable bonds is 7. The lowest BCUT2D eigenvalue weighted by molar-refractivity contribution is -0.145. The molecular formula is C22H22N6O4. The molecule has 32 heavy (non-hydrogen) atoms. The van der Waals surface area contributed by atoms with Gasteiger partial charge in [-0.15, -0.1) is 0 Å². The highest BCUT2D eigenvalue weighted by atomic mass is 16.5. The quantitative estimate of drug-likeness (QED) is 0.538. The summed E-state index contributed by atoms with van der Waals surface area (Å²) in [5, 5.41) is 3.02. The van der Waals surface area contributed by atoms with Gasteiger partial charge in [0, 0.05) is 12.2 Å². The fraction of sp³-hybridized carbons (Fsp3) is 0.227. The average Bonchev–Trinajstić information content (AvgIpc) is 2.78. The maximum atomic E-state index is 12.5. The van der Waals surface area contributed by atoms with Crippen LogP contribution in [0.15, 0.2) is 54.6 Å². The van der Waals surface area contributed by atoms with Crippen molar-refractivity contribution >= 4 is 35.1 Å². The van der Waals surface area contributed by atoms with Gasteiger partial charge in [0.2, 0.25) is 11.9 Å². The topological polar surface area (TPSA) is 133 Å². The second-order valence-corrected chi connectivity index (χ2v) is 7.05. The zero-order chi connectivity index (χ0) is 22.5. The molecule has 10 nitrogen and oxygen atoms in total. The standard InChI is InChI=1S/C22H22N6O4/c1-14-20(30)28(16-9-5-6-10-17(16)32-14)12-11-19(29)31-13-18-25-21(23)27-22(26-18)24-15-7-3-2-4-8-15/h2-10,14H,11-13H2,1H3,(H3,23,24,25,26,27). The second-order valence-electron chi connectivity index (χ2n) is 7.05. The van der Waals surface area contributed by atoms with Crippen molar-refractivity contribution in [2.24, 2.45) is 0 Å². The first-order chi connectivity index (χ1) is 15.5. The van der Waals surface area contributed by atoms with E-state index in [0.717, 1.165) is 5.69 Å². The van der Waals surface area contributed by atoms with Crippen LogP contribution in [-0.2, 0) is 20.9 Å². The number of amides is 1. The smallest absolute Gasteiger partial charge is 0.308 e. The fourth-order valence-corrected chi connectivity index (χ4v) is 3.22. The fourth-order valence-electron chi connectivity index (χ4n) is 3.22. The molecule has 2 aromatic carbocycles. The van der Waals surface area contributed by atoms with Crippen LogP contribution >= 0.6 is 0 Å². The van der Waals surface area contributed by atoms with Gasteiger partial charge in [-0.25, -0.2) is 0 Å². The van der Waals surface area contributed by atoms with Crippen molar-refractivity contribution in [1.29, 1.82) is 0 Å². The van der Waals surface area contributed by atoms with Crippen molar-refractivity contribution in [3.05, 3.63) is 60.4 Å². The molecule has 10 heteroatoms. The van der Waals surface area contributed by atoms with Crippen molar-refractivity contribution in [3.8, 4) is 5.75 Å². The number of aromatic nitrogens is 3. The number of nitrogens with two attached hydrogens (primary N) is 1. The monoisotopic (exact) mass is 434 g/mol. The highest BCUT2D eigenvalue weighted by Crippen LogP contribution is 2.33. The molecule has 0 saturated carbocycles. The van der Waals surface area contributed by atoms with Crippen molar-refractivity contribution in [2.75, 3.05) is 22.5 Å². The number of carbonyl (C=O) groups is 2. The maximum Gasteiger partial charge on any atom is 0.308 e. The second kappa shape index (κ2) is 9.29. The summed E-state index contributed by atoms with van der Waals surface area (Å²) in [6.45, 7) is 1.68. The molecule has 0 saturated heterocycles. The number of esters is 1. The molecular weight excluding hydrogens is 412 g/mol. The van der Waals surface area contributed by atoms with E-state index >= 15 is 0 Å². The molecule has 1 unspecified atom stereocenters. The lowest BCUT2D eigenvalue weighted by atomic mass is 10.2. The number of anilines is 4. The number of carbonyl (C=O) groups excluding carboxylic acids is 2. The van der Waals surface area contributed by atoms with E-state index in [1.54, 1.807) is 19.1 Å². The van der Waals surface area contributed by atoms with Crippen LogP contribution in [0.1, 0.15) is 19.2 Å². The predicted molar refractivity (Wildman–Crippen MR) is 117 cm³/mol. The van der Waals surface area contributed by atoms with E-state index in [1.807, 2.05) is 42.5 Å². The van der Waals surface area contributed by atoms with Gasteiger partial charge in [-0.05, 0) is 31.2 Å². The molecule has 0 spiro atoms. The number of nitrogens with zero attached hydrogens (tertiary/aromatic N) is 4. The number of fused-ring (bicyclic) bond motifs is 1. The Balaban J connectivity index is 1.35. The molecule has 3 N–H and O–H groups in total. The van der Waals surface area contributed by atoms with E-state index in [4.69, 9.17) is 15.2 Å². The van der Waals surface area contributed by atoms with Gasteiger partial charge >= 0.3 is 5.97 Å². The third kappa shape index (κ3) is 4.91. The van der Waals surface area contributed by atoms with Crippen molar-refractivity contribution in [1.82, 2.24) is 15.0 Å². The summed E-state index contributed by atoms with van der Waals surface area (Å²) in [5.74, 6) is 0.371. The molecule has 0 radical (unpaired) electrons. The normalized spacial score (nSPS) is 15.0. The van der Waals surface area contributed by atoms with Crippen LogP contribution in [0.4, 0.5) is 23.3 Å². The summed E-state index contributed by atoms with van der Waals surface area (Å²) in [7, 11) is 0. The Hall–Kier alpha value is -4.21. The lowest BCUT2D eigenvalue weighted by Crippen LogP contribution is -2.45. The molecule has 4 rings (SSSR count). The van der Waals surface area contributed by atoms with Crippen LogP contribution < -0.4 is 20.7 Å². The van der Waals surface area contributed by atoms with E-state index in [0.29, 0.717) is 11.4 Å². The summed E-state index contributed by atoms with van der Waals surface area (Å²) in [6, 6.07) is 16.5. The summed E-state index contributed by atoms with van der Waals surface area (Å²) < 4.78 is 10.9. The molecule has 0 aliphatic carbocycles. The molecule has 1 aromatic heterocycles. The molecule has 1 amide bonds. The largest absolute Gasteiger partial charge is 0.479 e. The zero-order valence-electron chi connectivity index (χ0n) is 17.4. The number of nitrogens with one attached hydrogen (secondary N) is 1. The SMILES string of the molecule is CC1Oc2ccccc2N(CCC(=O)OCc2nc(N)nc(Nc3ccccc3)n2)C1=O. The van der Waals surface area contributed by atoms with Gasteiger partial charge in [-0.2, -0.15) is 15.0 Å². The number of para-hydroxylation sites is 3. The highest BCUT2D eigenvalue weighted by molar-refractivity contribution is 6.00. The van der Waals surface area contributed by atoms with Crippen molar-refractivity contribution in [2.45, 2.75) is 26.1 Å². The first-order valence-electron chi connectivity index (χ1n) is 10.0. The van der Waals surface area contributed by atoms with Crippen molar-refractivity contribution in [3.63, 3.8) is 0 Å². The molecule has 164 valence electrons. The third-order valence-electron chi connectivity index (χ3n) is 4.70. The minimum Gasteiger partial charge on any atom is -0.479 e. The number of ether oxygens (including phenoxy) is 2. The summed E-state index contributed by atoms with van der Waals surface area (Å²) in [4.78, 5) is 38.6. The average molecular weight is 434 g/mol. The molecule has 1 atom stereocenters. The Bertz CT molecular complexity index is 1120.